The Morgan fingerprint density at radius 2 is 1.67 bits per heavy atom. The maximum Gasteiger partial charge on any atom is 0.271 e. The van der Waals surface area contributed by atoms with Crippen LogP contribution in [0.4, 0.5) is 22.7 Å². The number of rotatable bonds is 6. The maximum atomic E-state index is 13.7. The molecule has 1 N–H and O–H groups in total. The topological polar surface area (TPSA) is 99.0 Å². The Morgan fingerprint density at radius 1 is 1.00 bits per heavy atom. The molecule has 9 nitrogen and oxygen atoms in total. The van der Waals surface area contributed by atoms with Crippen molar-refractivity contribution in [2.45, 2.75) is 25.8 Å². The van der Waals surface area contributed by atoms with Crippen LogP contribution in [-0.2, 0) is 9.59 Å². The number of nitro benzene ring substituents is 1. The van der Waals surface area contributed by atoms with Crippen molar-refractivity contribution >= 4 is 45.8 Å². The molecule has 0 unspecified atom stereocenters. The van der Waals surface area contributed by atoms with Crippen LogP contribution in [0.5, 0.6) is 0 Å². The van der Waals surface area contributed by atoms with Gasteiger partial charge in [-0.2, -0.15) is 0 Å². The summed E-state index contributed by atoms with van der Waals surface area (Å²) in [6.45, 7) is 3.26. The fraction of sp³-hybridized carbons (Fsp3) is 0.267. The number of carbonyl (C=O) groups is 2. The van der Waals surface area contributed by atoms with Crippen molar-refractivity contribution in [3.8, 4) is 0 Å². The number of nitro groups is 1. The molecule has 0 aliphatic carbocycles. The molecule has 2 heterocycles. The zero-order valence-corrected chi connectivity index (χ0v) is 22.3. The average molecular weight is 526 g/mol. The van der Waals surface area contributed by atoms with Crippen molar-refractivity contribution in [3.05, 3.63) is 94.0 Å². The summed E-state index contributed by atoms with van der Waals surface area (Å²) in [6.07, 6.45) is 2.23. The standard InChI is InChI=1S/C30H31N5O4/c1-20(36)34-27-19-25(35(38)39)13-14-26(27)28(30(34)37)29(21-7-5-4-6-8-21)31-22-9-11-24(12-10-22)33-17-15-23(16-18-33)32(2)3/h4-14,19,23,31H,15-18H2,1-3H3/b29-28-. The minimum Gasteiger partial charge on any atom is -0.371 e. The molecular formula is C30H31N5O4. The van der Waals surface area contributed by atoms with E-state index >= 15 is 0 Å². The van der Waals surface area contributed by atoms with Gasteiger partial charge in [-0.15, -0.1) is 0 Å². The molecule has 1 saturated heterocycles. The largest absolute Gasteiger partial charge is 0.371 e. The lowest BCUT2D eigenvalue weighted by Gasteiger charge is -2.36. The zero-order chi connectivity index (χ0) is 27.7. The van der Waals surface area contributed by atoms with E-state index in [4.69, 9.17) is 0 Å². The number of non-ortho nitro benzene ring substituents is 1. The number of nitrogens with zero attached hydrogens (tertiary/aromatic N) is 4. The molecule has 3 aromatic rings. The van der Waals surface area contributed by atoms with Gasteiger partial charge in [-0.05, 0) is 62.8 Å². The van der Waals surface area contributed by atoms with Gasteiger partial charge in [0.25, 0.3) is 11.6 Å². The molecular weight excluding hydrogens is 494 g/mol. The first-order valence-corrected chi connectivity index (χ1v) is 13.0. The Kier molecular flexibility index (Phi) is 7.17. The molecule has 0 aromatic heterocycles. The fourth-order valence-corrected chi connectivity index (χ4v) is 5.34. The molecule has 0 atom stereocenters. The molecule has 3 aromatic carbocycles. The SMILES string of the molecule is CC(=O)N1C(=O)/C(=C(\Nc2ccc(N3CCC(N(C)C)CC3)cc2)c2ccccc2)c2ccc([N+](=O)[O-])cc21. The first kappa shape index (κ1) is 26.1. The second-order valence-corrected chi connectivity index (χ2v) is 10.1. The zero-order valence-electron chi connectivity index (χ0n) is 22.3. The Bertz CT molecular complexity index is 1440. The number of piperidine rings is 1. The van der Waals surface area contributed by atoms with Crippen LogP contribution in [-0.4, -0.2) is 54.9 Å². The van der Waals surface area contributed by atoms with E-state index in [2.05, 4.69) is 41.3 Å². The number of anilines is 3. The van der Waals surface area contributed by atoms with Gasteiger partial charge in [0.1, 0.15) is 0 Å². The van der Waals surface area contributed by atoms with Gasteiger partial charge >= 0.3 is 0 Å². The van der Waals surface area contributed by atoms with E-state index in [0.29, 0.717) is 17.3 Å². The summed E-state index contributed by atoms with van der Waals surface area (Å²) in [7, 11) is 4.26. The third-order valence-corrected chi connectivity index (χ3v) is 7.44. The number of imide groups is 1. The smallest absolute Gasteiger partial charge is 0.271 e. The van der Waals surface area contributed by atoms with Gasteiger partial charge in [-0.25, -0.2) is 4.90 Å². The van der Waals surface area contributed by atoms with Crippen LogP contribution in [0.3, 0.4) is 0 Å². The molecule has 2 aliphatic rings. The first-order chi connectivity index (χ1) is 18.7. The number of hydrogen-bond donors (Lipinski definition) is 1. The highest BCUT2D eigenvalue weighted by Gasteiger charge is 2.38. The molecule has 1 fully saturated rings. The van der Waals surface area contributed by atoms with E-state index in [1.54, 1.807) is 0 Å². The van der Waals surface area contributed by atoms with Crippen molar-refractivity contribution in [1.82, 2.24) is 4.90 Å². The predicted octanol–water partition coefficient (Wildman–Crippen LogP) is 5.00. The van der Waals surface area contributed by atoms with Crippen LogP contribution in [0.15, 0.2) is 72.8 Å². The predicted molar refractivity (Wildman–Crippen MR) is 154 cm³/mol. The number of amides is 2. The van der Waals surface area contributed by atoms with E-state index in [1.807, 2.05) is 42.5 Å². The van der Waals surface area contributed by atoms with Gasteiger partial charge in [0.15, 0.2) is 0 Å². The molecule has 2 amide bonds. The summed E-state index contributed by atoms with van der Waals surface area (Å²) in [5.74, 6) is -1.03. The number of benzene rings is 3. The lowest BCUT2D eigenvalue weighted by Crippen LogP contribution is -2.41. The lowest BCUT2D eigenvalue weighted by atomic mass is 9.99. The van der Waals surface area contributed by atoms with Crippen molar-refractivity contribution in [2.75, 3.05) is 42.3 Å². The van der Waals surface area contributed by atoms with E-state index in [9.17, 15) is 19.7 Å². The molecule has 0 radical (unpaired) electrons. The monoisotopic (exact) mass is 525 g/mol. The summed E-state index contributed by atoms with van der Waals surface area (Å²) in [6, 6.07) is 22.3. The summed E-state index contributed by atoms with van der Waals surface area (Å²) in [4.78, 5) is 42.7. The normalized spacial score (nSPS) is 16.9. The Labute approximate surface area is 227 Å². The van der Waals surface area contributed by atoms with Crippen LogP contribution in [0.1, 0.15) is 30.9 Å². The molecule has 0 saturated carbocycles. The third kappa shape index (κ3) is 5.13. The number of fused-ring (bicyclic) bond motifs is 1. The van der Waals surface area contributed by atoms with Crippen molar-refractivity contribution in [1.29, 1.82) is 0 Å². The first-order valence-electron chi connectivity index (χ1n) is 13.0. The minimum atomic E-state index is -0.536. The highest BCUT2D eigenvalue weighted by Crippen LogP contribution is 2.43. The number of carbonyl (C=O) groups excluding carboxylic acids is 2. The van der Waals surface area contributed by atoms with Gasteiger partial charge in [0.2, 0.25) is 5.91 Å². The number of nitrogens with one attached hydrogen (secondary N) is 1. The van der Waals surface area contributed by atoms with Crippen molar-refractivity contribution < 1.29 is 14.5 Å². The third-order valence-electron chi connectivity index (χ3n) is 7.44. The Hall–Kier alpha value is -4.50. The molecule has 5 rings (SSSR count). The van der Waals surface area contributed by atoms with Crippen molar-refractivity contribution in [3.63, 3.8) is 0 Å². The van der Waals surface area contributed by atoms with Crippen LogP contribution in [0, 0.1) is 10.1 Å². The van der Waals surface area contributed by atoms with Gasteiger partial charge in [-0.3, -0.25) is 19.7 Å². The van der Waals surface area contributed by atoms with Gasteiger partial charge in [0, 0.05) is 55.1 Å². The Balaban J connectivity index is 1.52. The van der Waals surface area contributed by atoms with Crippen LogP contribution in [0.25, 0.3) is 11.3 Å². The molecule has 0 spiro atoms. The summed E-state index contributed by atoms with van der Waals surface area (Å²) >= 11 is 0. The highest BCUT2D eigenvalue weighted by molar-refractivity contribution is 6.43. The van der Waals surface area contributed by atoms with Crippen LogP contribution in [0.2, 0.25) is 0 Å². The summed E-state index contributed by atoms with van der Waals surface area (Å²) in [5, 5.41) is 14.8. The molecule has 2 aliphatic heterocycles. The Morgan fingerprint density at radius 3 is 2.26 bits per heavy atom. The van der Waals surface area contributed by atoms with Gasteiger partial charge in [0.05, 0.1) is 21.9 Å². The van der Waals surface area contributed by atoms with E-state index in [-0.39, 0.29) is 16.9 Å². The van der Waals surface area contributed by atoms with Crippen LogP contribution < -0.4 is 15.1 Å². The molecule has 200 valence electrons. The maximum absolute atomic E-state index is 13.7. The van der Waals surface area contributed by atoms with Crippen LogP contribution >= 0.6 is 0 Å². The average Bonchev–Trinajstić information content (AvgIpc) is 3.23. The van der Waals surface area contributed by atoms with E-state index in [0.717, 1.165) is 47.8 Å². The summed E-state index contributed by atoms with van der Waals surface area (Å²) < 4.78 is 0. The minimum absolute atomic E-state index is 0.187. The molecule has 39 heavy (non-hydrogen) atoms. The second-order valence-electron chi connectivity index (χ2n) is 10.1. The lowest BCUT2D eigenvalue weighted by molar-refractivity contribution is -0.384. The van der Waals surface area contributed by atoms with Gasteiger partial charge in [-0.1, -0.05) is 30.3 Å². The van der Waals surface area contributed by atoms with Crippen molar-refractivity contribution in [2.24, 2.45) is 0 Å². The highest BCUT2D eigenvalue weighted by atomic mass is 16.6. The fourth-order valence-electron chi connectivity index (χ4n) is 5.34. The van der Waals surface area contributed by atoms with E-state index < -0.39 is 16.7 Å². The van der Waals surface area contributed by atoms with Gasteiger partial charge < -0.3 is 15.1 Å². The molecule has 0 bridgehead atoms. The molecule has 9 heteroatoms. The number of hydrogen-bond acceptors (Lipinski definition) is 7. The van der Waals surface area contributed by atoms with E-state index in [1.165, 1.54) is 25.1 Å². The quantitative estimate of drug-likeness (QED) is 0.275. The second kappa shape index (κ2) is 10.7. The summed E-state index contributed by atoms with van der Waals surface area (Å²) in [5.41, 5.74) is 3.99.